The molecule has 1 saturated heterocycles. The summed E-state index contributed by atoms with van der Waals surface area (Å²) in [5, 5.41) is 0. The van der Waals surface area contributed by atoms with Crippen LogP contribution in [-0.2, 0) is 14.3 Å². The van der Waals surface area contributed by atoms with Gasteiger partial charge in [0.2, 0.25) is 5.72 Å². The van der Waals surface area contributed by atoms with Gasteiger partial charge in [-0.3, -0.25) is 15.4 Å². The van der Waals surface area contributed by atoms with Gasteiger partial charge in [-0.05, 0) is 6.08 Å². The van der Waals surface area contributed by atoms with Crippen LogP contribution in [0.1, 0.15) is 0 Å². The molecular weight excluding hydrogens is 160 g/mol. The van der Waals surface area contributed by atoms with Crippen LogP contribution in [0.15, 0.2) is 12.3 Å². The number of amides is 1. The molecule has 5 nitrogen and oxygen atoms in total. The molecule has 0 bridgehead atoms. The standard InChI is InChI=1S/C7H10N2O3/c1-11-7(8)5(10)9-3-2-4-12-6(7)9/h2-3,6H,4,8H2,1H3/t6-,7+/m1/s1. The summed E-state index contributed by atoms with van der Waals surface area (Å²) in [5.41, 5.74) is 4.35. The largest absolute Gasteiger partial charge is 0.351 e. The lowest BCUT2D eigenvalue weighted by Gasteiger charge is -2.51. The van der Waals surface area contributed by atoms with Crippen LogP contribution in [0.3, 0.4) is 0 Å². The van der Waals surface area contributed by atoms with Crippen molar-refractivity contribution in [2.24, 2.45) is 5.73 Å². The van der Waals surface area contributed by atoms with Gasteiger partial charge < -0.3 is 9.47 Å². The molecule has 2 rings (SSSR count). The lowest BCUT2D eigenvalue weighted by Crippen LogP contribution is -2.79. The summed E-state index contributed by atoms with van der Waals surface area (Å²) < 4.78 is 10.1. The van der Waals surface area contributed by atoms with E-state index in [2.05, 4.69) is 0 Å². The summed E-state index contributed by atoms with van der Waals surface area (Å²) in [6.45, 7) is 0.469. The van der Waals surface area contributed by atoms with E-state index in [0.29, 0.717) is 6.61 Å². The zero-order valence-corrected chi connectivity index (χ0v) is 6.69. The van der Waals surface area contributed by atoms with Crippen molar-refractivity contribution in [2.45, 2.75) is 12.0 Å². The average Bonchev–Trinajstić information content (AvgIpc) is 2.16. The molecule has 2 atom stereocenters. The van der Waals surface area contributed by atoms with Crippen LogP contribution in [0.25, 0.3) is 0 Å². The number of fused-ring (bicyclic) bond motifs is 1. The Bertz CT molecular complexity index is 253. The number of nitrogens with two attached hydrogens (primary N) is 1. The fraction of sp³-hybridized carbons (Fsp3) is 0.571. The minimum Gasteiger partial charge on any atom is -0.351 e. The van der Waals surface area contributed by atoms with Gasteiger partial charge in [0.05, 0.1) is 6.61 Å². The molecule has 0 aliphatic carbocycles. The van der Waals surface area contributed by atoms with Crippen molar-refractivity contribution < 1.29 is 14.3 Å². The summed E-state index contributed by atoms with van der Waals surface area (Å²) in [6, 6.07) is 0. The maximum absolute atomic E-state index is 11.3. The molecular formula is C7H10N2O3. The van der Waals surface area contributed by atoms with Crippen molar-refractivity contribution in [3.8, 4) is 0 Å². The molecule has 1 fully saturated rings. The molecule has 2 aliphatic heterocycles. The highest BCUT2D eigenvalue weighted by Crippen LogP contribution is 2.32. The van der Waals surface area contributed by atoms with E-state index in [1.54, 1.807) is 12.3 Å². The number of hydrogen-bond donors (Lipinski definition) is 1. The number of rotatable bonds is 1. The van der Waals surface area contributed by atoms with E-state index in [0.717, 1.165) is 0 Å². The third-order valence-electron chi connectivity index (χ3n) is 2.14. The first kappa shape index (κ1) is 7.72. The summed E-state index contributed by atoms with van der Waals surface area (Å²) in [5.74, 6) is -0.258. The van der Waals surface area contributed by atoms with Crippen LogP contribution in [0, 0.1) is 0 Å². The average molecular weight is 170 g/mol. The van der Waals surface area contributed by atoms with Crippen LogP contribution in [0.2, 0.25) is 0 Å². The summed E-state index contributed by atoms with van der Waals surface area (Å²) in [7, 11) is 1.40. The fourth-order valence-electron chi connectivity index (χ4n) is 1.40. The summed E-state index contributed by atoms with van der Waals surface area (Å²) in [6.07, 6.45) is 2.96. The minimum absolute atomic E-state index is 0.258. The monoisotopic (exact) mass is 170 g/mol. The highest BCUT2D eigenvalue weighted by atomic mass is 16.6. The van der Waals surface area contributed by atoms with Gasteiger partial charge in [-0.25, -0.2) is 0 Å². The number of β-lactam (4-membered cyclic amide) rings is 1. The fourth-order valence-corrected chi connectivity index (χ4v) is 1.40. The SMILES string of the molecule is CO[C@@]1(N)C(=O)N2C=CCO[C@@H]21. The van der Waals surface area contributed by atoms with Gasteiger partial charge >= 0.3 is 0 Å². The van der Waals surface area contributed by atoms with E-state index in [9.17, 15) is 4.79 Å². The van der Waals surface area contributed by atoms with Crippen LogP contribution in [-0.4, -0.2) is 36.5 Å². The molecule has 12 heavy (non-hydrogen) atoms. The van der Waals surface area contributed by atoms with Crippen molar-refractivity contribution in [1.82, 2.24) is 4.90 Å². The first-order chi connectivity index (χ1) is 5.70. The van der Waals surface area contributed by atoms with E-state index < -0.39 is 12.0 Å². The zero-order valence-electron chi connectivity index (χ0n) is 6.69. The zero-order chi connectivity index (χ0) is 8.77. The first-order valence-corrected chi connectivity index (χ1v) is 3.65. The van der Waals surface area contributed by atoms with E-state index in [1.165, 1.54) is 12.0 Å². The van der Waals surface area contributed by atoms with Crippen LogP contribution in [0.5, 0.6) is 0 Å². The van der Waals surface area contributed by atoms with Gasteiger partial charge in [0, 0.05) is 13.3 Å². The second-order valence-electron chi connectivity index (χ2n) is 2.78. The van der Waals surface area contributed by atoms with E-state index >= 15 is 0 Å². The molecule has 0 radical (unpaired) electrons. The lowest BCUT2D eigenvalue weighted by molar-refractivity contribution is -0.242. The predicted octanol–water partition coefficient (Wildman–Crippen LogP) is -1.000. The normalized spacial score (nSPS) is 39.3. The van der Waals surface area contributed by atoms with Gasteiger partial charge in [0.25, 0.3) is 5.91 Å². The highest BCUT2D eigenvalue weighted by molar-refractivity contribution is 5.92. The maximum Gasteiger partial charge on any atom is 0.280 e. The molecule has 5 heteroatoms. The summed E-state index contributed by atoms with van der Waals surface area (Å²) >= 11 is 0. The van der Waals surface area contributed by atoms with Crippen molar-refractivity contribution in [1.29, 1.82) is 0 Å². The molecule has 66 valence electrons. The van der Waals surface area contributed by atoms with E-state index in [1.807, 2.05) is 0 Å². The molecule has 0 spiro atoms. The molecule has 0 aromatic rings. The number of hydrogen-bond acceptors (Lipinski definition) is 4. The second-order valence-corrected chi connectivity index (χ2v) is 2.78. The number of nitrogens with zero attached hydrogens (tertiary/aromatic N) is 1. The predicted molar refractivity (Wildman–Crippen MR) is 39.7 cm³/mol. The smallest absolute Gasteiger partial charge is 0.280 e. The van der Waals surface area contributed by atoms with Crippen LogP contribution in [0.4, 0.5) is 0 Å². The third kappa shape index (κ3) is 0.703. The second kappa shape index (κ2) is 2.29. The number of methoxy groups -OCH3 is 1. The Hall–Kier alpha value is -0.910. The van der Waals surface area contributed by atoms with Crippen molar-refractivity contribution >= 4 is 5.91 Å². The van der Waals surface area contributed by atoms with Gasteiger partial charge in [0.1, 0.15) is 0 Å². The molecule has 0 aromatic carbocycles. The van der Waals surface area contributed by atoms with Crippen molar-refractivity contribution in [3.05, 3.63) is 12.3 Å². The van der Waals surface area contributed by atoms with Gasteiger partial charge in [-0.1, -0.05) is 0 Å². The van der Waals surface area contributed by atoms with Crippen molar-refractivity contribution in [3.63, 3.8) is 0 Å². The third-order valence-corrected chi connectivity index (χ3v) is 2.14. The Balaban J connectivity index is 2.24. The van der Waals surface area contributed by atoms with Gasteiger partial charge in [-0.15, -0.1) is 0 Å². The highest BCUT2D eigenvalue weighted by Gasteiger charge is 2.60. The van der Waals surface area contributed by atoms with Crippen molar-refractivity contribution in [2.75, 3.05) is 13.7 Å². The Morgan fingerprint density at radius 2 is 2.67 bits per heavy atom. The van der Waals surface area contributed by atoms with Gasteiger partial charge in [0.15, 0.2) is 6.23 Å². The number of ether oxygens (including phenoxy) is 2. The molecule has 2 heterocycles. The van der Waals surface area contributed by atoms with Gasteiger partial charge in [-0.2, -0.15) is 0 Å². The molecule has 2 aliphatic rings. The number of carbonyl (C=O) groups is 1. The lowest BCUT2D eigenvalue weighted by atomic mass is 10.0. The quantitative estimate of drug-likeness (QED) is 0.405. The van der Waals surface area contributed by atoms with E-state index in [-0.39, 0.29) is 5.91 Å². The Labute approximate surface area is 69.7 Å². The summed E-state index contributed by atoms with van der Waals surface area (Å²) in [4.78, 5) is 12.7. The molecule has 2 N–H and O–H groups in total. The molecule has 0 unspecified atom stereocenters. The van der Waals surface area contributed by atoms with Crippen LogP contribution < -0.4 is 5.73 Å². The van der Waals surface area contributed by atoms with Crippen LogP contribution >= 0.6 is 0 Å². The minimum atomic E-state index is -1.27. The number of carbonyl (C=O) groups excluding carboxylic acids is 1. The Morgan fingerprint density at radius 3 is 3.33 bits per heavy atom. The Morgan fingerprint density at radius 1 is 1.92 bits per heavy atom. The Kier molecular flexibility index (Phi) is 1.47. The topological polar surface area (TPSA) is 64.8 Å². The van der Waals surface area contributed by atoms with E-state index in [4.69, 9.17) is 15.2 Å². The first-order valence-electron chi connectivity index (χ1n) is 3.65. The molecule has 0 aromatic heterocycles. The molecule has 0 saturated carbocycles. The maximum atomic E-state index is 11.3. The molecule has 1 amide bonds.